The molecule has 206 valence electrons. The van der Waals surface area contributed by atoms with Gasteiger partial charge in [0.15, 0.2) is 5.65 Å². The third kappa shape index (κ3) is 6.00. The molecule has 1 saturated heterocycles. The van der Waals surface area contributed by atoms with Crippen LogP contribution in [0, 0.1) is 5.82 Å². The molecule has 9 nitrogen and oxygen atoms in total. The molecule has 4 rings (SSSR count). The molecule has 0 saturated carbocycles. The van der Waals surface area contributed by atoms with Gasteiger partial charge in [-0.2, -0.15) is 5.10 Å². The number of amides is 2. The molecule has 1 aliphatic rings. The van der Waals surface area contributed by atoms with Gasteiger partial charge in [-0.3, -0.25) is 9.59 Å². The topological polar surface area (TPSA) is 97.1 Å². The first-order valence-electron chi connectivity index (χ1n) is 12.9. The standard InChI is InChI=1S/C29H34FN5O4/c1-7-39-25(37)13-12-24(36)33-14-15-34(29(5,6)18-33)27(38)23-17-35-26(31-23)21(28(2,3)4)16-22(32-35)19-8-10-20(30)11-9-19/h8-13,16-17H,7,14-15,18H2,1-6H3. The fourth-order valence-corrected chi connectivity index (χ4v) is 4.69. The van der Waals surface area contributed by atoms with Gasteiger partial charge >= 0.3 is 5.97 Å². The Morgan fingerprint density at radius 1 is 1.10 bits per heavy atom. The Morgan fingerprint density at radius 3 is 2.41 bits per heavy atom. The Balaban J connectivity index is 1.61. The van der Waals surface area contributed by atoms with Crippen molar-refractivity contribution in [2.45, 2.75) is 52.5 Å². The second-order valence-electron chi connectivity index (χ2n) is 11.2. The van der Waals surface area contributed by atoms with Gasteiger partial charge < -0.3 is 14.5 Å². The lowest BCUT2D eigenvalue weighted by atomic mass is 9.87. The SMILES string of the molecule is CCOC(=O)C=CC(=O)N1CCN(C(=O)c2cn3nc(-c4ccc(F)cc4)cc(C(C)(C)C)c3n2)C(C)(C)C1. The molecule has 0 radical (unpaired) electrons. The summed E-state index contributed by atoms with van der Waals surface area (Å²) in [7, 11) is 0. The summed E-state index contributed by atoms with van der Waals surface area (Å²) in [6.45, 7) is 12.8. The van der Waals surface area contributed by atoms with E-state index in [-0.39, 0.29) is 41.9 Å². The summed E-state index contributed by atoms with van der Waals surface area (Å²) >= 11 is 0. The van der Waals surface area contributed by atoms with Crippen LogP contribution in [0.5, 0.6) is 0 Å². The molecule has 1 aliphatic heterocycles. The van der Waals surface area contributed by atoms with E-state index in [1.807, 2.05) is 19.9 Å². The van der Waals surface area contributed by atoms with Crippen LogP contribution in [0.4, 0.5) is 4.39 Å². The Kier molecular flexibility index (Phi) is 7.59. The molecule has 0 bridgehead atoms. The van der Waals surface area contributed by atoms with Gasteiger partial charge in [-0.05, 0) is 56.5 Å². The fraction of sp³-hybridized carbons (Fsp3) is 0.414. The van der Waals surface area contributed by atoms with Crippen molar-refractivity contribution in [3.63, 3.8) is 0 Å². The lowest BCUT2D eigenvalue weighted by molar-refractivity contribution is -0.138. The Hall–Kier alpha value is -4.08. The zero-order chi connectivity index (χ0) is 28.5. The summed E-state index contributed by atoms with van der Waals surface area (Å²) < 4.78 is 19.9. The number of aromatic nitrogens is 3. The van der Waals surface area contributed by atoms with Crippen LogP contribution in [0.25, 0.3) is 16.9 Å². The Labute approximate surface area is 227 Å². The number of ether oxygens (including phenoxy) is 1. The summed E-state index contributed by atoms with van der Waals surface area (Å²) in [6, 6.07) is 8.05. The van der Waals surface area contributed by atoms with E-state index in [4.69, 9.17) is 9.72 Å². The number of piperazine rings is 1. The molecule has 1 aromatic carbocycles. The molecule has 0 N–H and O–H groups in total. The Morgan fingerprint density at radius 2 is 1.79 bits per heavy atom. The van der Waals surface area contributed by atoms with Gasteiger partial charge in [0.2, 0.25) is 5.91 Å². The van der Waals surface area contributed by atoms with Crippen LogP contribution in [0.2, 0.25) is 0 Å². The van der Waals surface area contributed by atoms with E-state index >= 15 is 0 Å². The minimum atomic E-state index is -0.682. The first-order valence-corrected chi connectivity index (χ1v) is 12.9. The molecule has 0 spiro atoms. The van der Waals surface area contributed by atoms with Gasteiger partial charge in [0, 0.05) is 42.9 Å². The maximum Gasteiger partial charge on any atom is 0.330 e. The number of carbonyl (C=O) groups excluding carboxylic acids is 3. The van der Waals surface area contributed by atoms with Crippen LogP contribution in [0.15, 0.2) is 48.7 Å². The third-order valence-electron chi connectivity index (χ3n) is 6.70. The van der Waals surface area contributed by atoms with Crippen LogP contribution in [-0.2, 0) is 19.7 Å². The van der Waals surface area contributed by atoms with Crippen molar-refractivity contribution in [1.82, 2.24) is 24.4 Å². The van der Waals surface area contributed by atoms with Crippen LogP contribution < -0.4 is 0 Å². The largest absolute Gasteiger partial charge is 0.463 e. The fourth-order valence-electron chi connectivity index (χ4n) is 4.69. The number of imidazole rings is 1. The monoisotopic (exact) mass is 535 g/mol. The van der Waals surface area contributed by atoms with E-state index in [2.05, 4.69) is 25.9 Å². The molecule has 0 atom stereocenters. The van der Waals surface area contributed by atoms with Gasteiger partial charge in [0.1, 0.15) is 11.5 Å². The number of nitrogens with zero attached hydrogens (tertiary/aromatic N) is 5. The molecule has 39 heavy (non-hydrogen) atoms. The lowest BCUT2D eigenvalue weighted by Crippen LogP contribution is -2.62. The third-order valence-corrected chi connectivity index (χ3v) is 6.70. The minimum Gasteiger partial charge on any atom is -0.463 e. The zero-order valence-electron chi connectivity index (χ0n) is 23.2. The van der Waals surface area contributed by atoms with Crippen LogP contribution in [0.3, 0.4) is 0 Å². The van der Waals surface area contributed by atoms with Crippen molar-refractivity contribution in [2.75, 3.05) is 26.2 Å². The van der Waals surface area contributed by atoms with E-state index in [1.54, 1.807) is 39.6 Å². The maximum absolute atomic E-state index is 13.7. The van der Waals surface area contributed by atoms with E-state index in [0.29, 0.717) is 24.4 Å². The van der Waals surface area contributed by atoms with Gasteiger partial charge in [0.05, 0.1) is 24.0 Å². The predicted octanol–water partition coefficient (Wildman–Crippen LogP) is 4.02. The average molecular weight is 536 g/mol. The second kappa shape index (κ2) is 10.6. The second-order valence-corrected chi connectivity index (χ2v) is 11.2. The normalized spacial score (nSPS) is 15.7. The summed E-state index contributed by atoms with van der Waals surface area (Å²) in [5.41, 5.74) is 2.15. The molecule has 2 amide bonds. The Bertz CT molecular complexity index is 1440. The molecule has 10 heteroatoms. The first-order chi connectivity index (χ1) is 18.3. The van der Waals surface area contributed by atoms with Crippen molar-refractivity contribution >= 4 is 23.4 Å². The highest BCUT2D eigenvalue weighted by Crippen LogP contribution is 2.31. The molecular formula is C29H34FN5O4. The number of benzene rings is 1. The quantitative estimate of drug-likeness (QED) is 0.362. The number of esters is 1. The molecule has 2 aromatic heterocycles. The zero-order valence-corrected chi connectivity index (χ0v) is 23.2. The van der Waals surface area contributed by atoms with Crippen molar-refractivity contribution in [2.24, 2.45) is 0 Å². The summed E-state index contributed by atoms with van der Waals surface area (Å²) in [5, 5.41) is 4.68. The highest BCUT2D eigenvalue weighted by molar-refractivity contribution is 5.96. The van der Waals surface area contributed by atoms with E-state index in [1.165, 1.54) is 18.2 Å². The summed E-state index contributed by atoms with van der Waals surface area (Å²) in [5.74, 6) is -1.48. The number of rotatable bonds is 5. The lowest BCUT2D eigenvalue weighted by Gasteiger charge is -2.46. The number of hydrogen-bond donors (Lipinski definition) is 0. The van der Waals surface area contributed by atoms with Gasteiger partial charge in [-0.15, -0.1) is 0 Å². The molecule has 3 heterocycles. The predicted molar refractivity (Wildman–Crippen MR) is 145 cm³/mol. The van der Waals surface area contributed by atoms with E-state index in [0.717, 1.165) is 17.2 Å². The van der Waals surface area contributed by atoms with E-state index in [9.17, 15) is 18.8 Å². The van der Waals surface area contributed by atoms with Gasteiger partial charge in [-0.25, -0.2) is 18.7 Å². The van der Waals surface area contributed by atoms with Crippen LogP contribution in [-0.4, -0.2) is 74.0 Å². The van der Waals surface area contributed by atoms with Crippen molar-refractivity contribution in [3.05, 3.63) is 65.8 Å². The van der Waals surface area contributed by atoms with Crippen molar-refractivity contribution in [3.8, 4) is 11.3 Å². The van der Waals surface area contributed by atoms with Gasteiger partial charge in [0.25, 0.3) is 5.91 Å². The first kappa shape index (κ1) is 27.9. The van der Waals surface area contributed by atoms with E-state index < -0.39 is 11.5 Å². The molecule has 3 aromatic rings. The molecule has 0 aliphatic carbocycles. The van der Waals surface area contributed by atoms with Crippen molar-refractivity contribution < 1.29 is 23.5 Å². The highest BCUT2D eigenvalue weighted by Gasteiger charge is 2.39. The molecular weight excluding hydrogens is 501 g/mol. The summed E-state index contributed by atoms with van der Waals surface area (Å²) in [4.78, 5) is 45.9. The average Bonchev–Trinajstić information content (AvgIpc) is 3.30. The maximum atomic E-state index is 13.7. The summed E-state index contributed by atoms with van der Waals surface area (Å²) in [6.07, 6.45) is 3.94. The number of carbonyl (C=O) groups is 3. The van der Waals surface area contributed by atoms with Gasteiger partial charge in [-0.1, -0.05) is 20.8 Å². The number of halogens is 1. The smallest absolute Gasteiger partial charge is 0.330 e. The van der Waals surface area contributed by atoms with Crippen molar-refractivity contribution in [1.29, 1.82) is 0 Å². The minimum absolute atomic E-state index is 0.231. The van der Waals surface area contributed by atoms with Crippen LogP contribution in [0.1, 0.15) is 57.6 Å². The number of hydrogen-bond acceptors (Lipinski definition) is 6. The highest BCUT2D eigenvalue weighted by atomic mass is 19.1. The molecule has 0 unspecified atom stereocenters. The molecule has 1 fully saturated rings. The van der Waals surface area contributed by atoms with Crippen LogP contribution >= 0.6 is 0 Å². The number of fused-ring (bicyclic) bond motifs is 1.